The lowest BCUT2D eigenvalue weighted by molar-refractivity contribution is 0.0255. The number of hydrogen-bond acceptors (Lipinski definition) is 3. The van der Waals surface area contributed by atoms with E-state index in [0.29, 0.717) is 0 Å². The van der Waals surface area contributed by atoms with Crippen LogP contribution in [0.2, 0.25) is 0 Å². The Hall–Kier alpha value is -1.84. The second-order valence-electron chi connectivity index (χ2n) is 5.44. The van der Waals surface area contributed by atoms with Gasteiger partial charge in [0.2, 0.25) is 0 Å². The highest BCUT2D eigenvalue weighted by Crippen LogP contribution is 2.44. The van der Waals surface area contributed by atoms with Crippen molar-refractivity contribution in [3.63, 3.8) is 0 Å². The number of hydrogen-bond donors (Lipinski definition) is 1. The number of hydrazine groups is 1. The molecule has 2 aromatic rings. The van der Waals surface area contributed by atoms with E-state index in [1.54, 1.807) is 0 Å². The van der Waals surface area contributed by atoms with Gasteiger partial charge >= 0.3 is 0 Å². The first-order chi connectivity index (χ1) is 9.27. The van der Waals surface area contributed by atoms with E-state index in [9.17, 15) is 0 Å². The summed E-state index contributed by atoms with van der Waals surface area (Å²) in [6, 6.07) is 16.7. The van der Waals surface area contributed by atoms with Crippen molar-refractivity contribution < 1.29 is 4.74 Å². The van der Waals surface area contributed by atoms with Crippen molar-refractivity contribution in [3.05, 3.63) is 65.2 Å². The highest BCUT2D eigenvalue weighted by Gasteiger charge is 2.45. The fourth-order valence-corrected chi connectivity index (χ4v) is 3.33. The van der Waals surface area contributed by atoms with Gasteiger partial charge in [-0.25, -0.2) is 5.01 Å². The van der Waals surface area contributed by atoms with Crippen molar-refractivity contribution in [2.75, 3.05) is 6.54 Å². The van der Waals surface area contributed by atoms with Crippen molar-refractivity contribution in [2.24, 2.45) is 5.84 Å². The number of ether oxygens (including phenoxy) is 1. The standard InChI is InChI=1S/C16H16N2O/c17-18-10-13-6-1-3-7-14(13)16(11-18)9-12-5-2-4-8-15(12)19-16/h1-8H,9-11,17H2. The van der Waals surface area contributed by atoms with Crippen LogP contribution >= 0.6 is 0 Å². The smallest absolute Gasteiger partial charge is 0.152 e. The summed E-state index contributed by atoms with van der Waals surface area (Å²) in [5.74, 6) is 7.09. The van der Waals surface area contributed by atoms with Crippen LogP contribution in [0.3, 0.4) is 0 Å². The van der Waals surface area contributed by atoms with Gasteiger partial charge in [-0.15, -0.1) is 0 Å². The molecule has 19 heavy (non-hydrogen) atoms. The Morgan fingerprint density at radius 1 is 1.00 bits per heavy atom. The SMILES string of the molecule is NN1Cc2ccccc2C2(Cc3ccccc3O2)C1. The summed E-state index contributed by atoms with van der Waals surface area (Å²) in [7, 11) is 0. The van der Waals surface area contributed by atoms with Crippen LogP contribution in [0.15, 0.2) is 48.5 Å². The van der Waals surface area contributed by atoms with Crippen molar-refractivity contribution in [1.82, 2.24) is 5.01 Å². The lowest BCUT2D eigenvalue weighted by Crippen LogP contribution is -2.51. The molecule has 3 heteroatoms. The number of rotatable bonds is 0. The van der Waals surface area contributed by atoms with Gasteiger partial charge in [0.15, 0.2) is 5.60 Å². The van der Waals surface area contributed by atoms with Crippen molar-refractivity contribution >= 4 is 0 Å². The minimum Gasteiger partial charge on any atom is -0.481 e. The molecule has 0 amide bonds. The molecule has 0 bridgehead atoms. The molecule has 0 fully saturated rings. The maximum atomic E-state index is 6.31. The van der Waals surface area contributed by atoms with Crippen LogP contribution in [0.4, 0.5) is 0 Å². The summed E-state index contributed by atoms with van der Waals surface area (Å²) in [5.41, 5.74) is 3.51. The van der Waals surface area contributed by atoms with Crippen LogP contribution in [0.25, 0.3) is 0 Å². The first-order valence-corrected chi connectivity index (χ1v) is 6.62. The zero-order chi connectivity index (χ0) is 12.9. The van der Waals surface area contributed by atoms with Crippen molar-refractivity contribution in [2.45, 2.75) is 18.6 Å². The van der Waals surface area contributed by atoms with Crippen LogP contribution < -0.4 is 10.6 Å². The lowest BCUT2D eigenvalue weighted by Gasteiger charge is -2.39. The van der Waals surface area contributed by atoms with Gasteiger partial charge in [-0.05, 0) is 17.2 Å². The Morgan fingerprint density at radius 3 is 2.58 bits per heavy atom. The number of nitrogens with zero attached hydrogens (tertiary/aromatic N) is 1. The van der Waals surface area contributed by atoms with Crippen LogP contribution in [0.1, 0.15) is 16.7 Å². The molecule has 2 aliphatic rings. The van der Waals surface area contributed by atoms with E-state index in [0.717, 1.165) is 25.3 Å². The van der Waals surface area contributed by atoms with Gasteiger partial charge in [-0.2, -0.15) is 0 Å². The molecular weight excluding hydrogens is 236 g/mol. The van der Waals surface area contributed by atoms with E-state index in [1.807, 2.05) is 17.1 Å². The van der Waals surface area contributed by atoms with Crippen LogP contribution in [0, 0.1) is 0 Å². The predicted octanol–water partition coefficient (Wildman–Crippen LogP) is 2.21. The predicted molar refractivity (Wildman–Crippen MR) is 73.5 cm³/mol. The summed E-state index contributed by atoms with van der Waals surface area (Å²) in [6.07, 6.45) is 0.897. The molecule has 2 aliphatic heterocycles. The van der Waals surface area contributed by atoms with Gasteiger partial charge in [0, 0.05) is 18.5 Å². The maximum absolute atomic E-state index is 6.31. The fourth-order valence-electron chi connectivity index (χ4n) is 3.33. The highest BCUT2D eigenvalue weighted by atomic mass is 16.5. The Bertz CT molecular complexity index is 613. The zero-order valence-electron chi connectivity index (χ0n) is 10.7. The number of nitrogens with two attached hydrogens (primary N) is 1. The summed E-state index contributed by atoms with van der Waals surface area (Å²) >= 11 is 0. The van der Waals surface area contributed by atoms with Crippen LogP contribution in [-0.2, 0) is 18.6 Å². The lowest BCUT2D eigenvalue weighted by atomic mass is 9.83. The minimum atomic E-state index is -0.312. The van der Waals surface area contributed by atoms with E-state index in [2.05, 4.69) is 36.4 Å². The van der Waals surface area contributed by atoms with Crippen LogP contribution in [-0.4, -0.2) is 11.6 Å². The second kappa shape index (κ2) is 3.83. The van der Waals surface area contributed by atoms with Crippen LogP contribution in [0.5, 0.6) is 5.75 Å². The molecule has 0 saturated carbocycles. The number of benzene rings is 2. The first kappa shape index (κ1) is 11.0. The van der Waals surface area contributed by atoms with Gasteiger partial charge in [0.25, 0.3) is 0 Å². The number of para-hydroxylation sites is 1. The fraction of sp³-hybridized carbons (Fsp3) is 0.250. The molecule has 1 unspecified atom stereocenters. The molecule has 96 valence electrons. The monoisotopic (exact) mass is 252 g/mol. The molecule has 2 aromatic carbocycles. The molecule has 0 saturated heterocycles. The molecule has 0 aliphatic carbocycles. The average Bonchev–Trinajstić information content (AvgIpc) is 2.76. The molecule has 0 aromatic heterocycles. The third-order valence-corrected chi connectivity index (χ3v) is 4.09. The third kappa shape index (κ3) is 1.59. The topological polar surface area (TPSA) is 38.5 Å². The highest BCUT2D eigenvalue weighted by molar-refractivity contribution is 5.46. The molecule has 4 rings (SSSR count). The van der Waals surface area contributed by atoms with E-state index >= 15 is 0 Å². The molecular formula is C16H16N2O. The van der Waals surface area contributed by atoms with E-state index < -0.39 is 0 Å². The molecule has 1 spiro atoms. The maximum Gasteiger partial charge on any atom is 0.152 e. The van der Waals surface area contributed by atoms with Gasteiger partial charge in [0.1, 0.15) is 5.75 Å². The quantitative estimate of drug-likeness (QED) is 0.731. The molecule has 1 atom stereocenters. The van der Waals surface area contributed by atoms with Crippen molar-refractivity contribution in [1.29, 1.82) is 0 Å². The summed E-state index contributed by atoms with van der Waals surface area (Å²) in [4.78, 5) is 0. The van der Waals surface area contributed by atoms with Gasteiger partial charge < -0.3 is 4.74 Å². The van der Waals surface area contributed by atoms with Gasteiger partial charge in [-0.1, -0.05) is 42.5 Å². The van der Waals surface area contributed by atoms with E-state index in [4.69, 9.17) is 10.6 Å². The zero-order valence-corrected chi connectivity index (χ0v) is 10.7. The third-order valence-electron chi connectivity index (χ3n) is 4.09. The molecule has 2 N–H and O–H groups in total. The van der Waals surface area contributed by atoms with E-state index in [1.165, 1.54) is 16.7 Å². The first-order valence-electron chi connectivity index (χ1n) is 6.62. The Kier molecular flexibility index (Phi) is 2.22. The summed E-state index contributed by atoms with van der Waals surface area (Å²) in [5, 5.41) is 1.86. The summed E-state index contributed by atoms with van der Waals surface area (Å²) < 4.78 is 6.31. The Balaban J connectivity index is 1.85. The molecule has 3 nitrogen and oxygen atoms in total. The molecule has 0 radical (unpaired) electrons. The minimum absolute atomic E-state index is 0.312. The van der Waals surface area contributed by atoms with Crippen molar-refractivity contribution in [3.8, 4) is 5.75 Å². The Labute approximate surface area is 112 Å². The normalized spacial score (nSPS) is 24.9. The van der Waals surface area contributed by atoms with Gasteiger partial charge in [0.05, 0.1) is 6.54 Å². The second-order valence-corrected chi connectivity index (χ2v) is 5.44. The largest absolute Gasteiger partial charge is 0.481 e. The van der Waals surface area contributed by atoms with E-state index in [-0.39, 0.29) is 5.60 Å². The number of fused-ring (bicyclic) bond motifs is 3. The summed E-state index contributed by atoms with van der Waals surface area (Å²) in [6.45, 7) is 1.52. The average molecular weight is 252 g/mol. The molecule has 2 heterocycles. The Morgan fingerprint density at radius 2 is 1.74 bits per heavy atom. The van der Waals surface area contributed by atoms with Gasteiger partial charge in [-0.3, -0.25) is 5.84 Å².